The van der Waals surface area contributed by atoms with Crippen molar-refractivity contribution in [3.63, 3.8) is 0 Å². The predicted molar refractivity (Wildman–Crippen MR) is 60.6 cm³/mol. The average Bonchev–Trinajstić information content (AvgIpc) is 1.86. The molecule has 0 bridgehead atoms. The zero-order valence-corrected chi connectivity index (χ0v) is 10.6. The summed E-state index contributed by atoms with van der Waals surface area (Å²) in [5.41, 5.74) is 0. The molecule has 2 heteroatoms. The zero-order chi connectivity index (χ0) is 9.07. The molecule has 0 fully saturated rings. The van der Waals surface area contributed by atoms with Gasteiger partial charge in [-0.1, -0.05) is 49.8 Å². The van der Waals surface area contributed by atoms with Gasteiger partial charge in [0.2, 0.25) is 0 Å². The topological polar surface area (TPSA) is 0 Å². The van der Waals surface area contributed by atoms with Crippen LogP contribution in [0.5, 0.6) is 0 Å². The van der Waals surface area contributed by atoms with Crippen LogP contribution in [0.1, 0.15) is 34.6 Å². The minimum absolute atomic E-state index is 0.304. The zero-order valence-electron chi connectivity index (χ0n) is 8.81. The molecule has 0 aromatic carbocycles. The van der Waals surface area contributed by atoms with E-state index >= 15 is 0 Å². The van der Waals surface area contributed by atoms with Crippen molar-refractivity contribution in [3.05, 3.63) is 0 Å². The smallest absolute Gasteiger partial charge is 0.0141 e. The van der Waals surface area contributed by atoms with Crippen molar-refractivity contribution >= 4 is 15.2 Å². The first-order chi connectivity index (χ1) is 4.93. The lowest BCUT2D eigenvalue weighted by Gasteiger charge is -2.35. The molecular formula is C9H22P2. The molecule has 0 aliphatic rings. The summed E-state index contributed by atoms with van der Waals surface area (Å²) in [6.45, 7) is 14.4. The van der Waals surface area contributed by atoms with Gasteiger partial charge in [-0.3, -0.25) is 0 Å². The Labute approximate surface area is 74.6 Å². The van der Waals surface area contributed by atoms with Crippen molar-refractivity contribution < 1.29 is 0 Å². The van der Waals surface area contributed by atoms with Crippen LogP contribution in [0.25, 0.3) is 0 Å². The quantitative estimate of drug-likeness (QED) is 0.584. The molecule has 0 aromatic rings. The fourth-order valence-electron chi connectivity index (χ4n) is 1.40. The summed E-state index contributed by atoms with van der Waals surface area (Å²) in [5.74, 6) is 0. The van der Waals surface area contributed by atoms with Gasteiger partial charge in [0.25, 0.3) is 0 Å². The normalized spacial score (nSPS) is 18.0. The first kappa shape index (κ1) is 11.9. The van der Waals surface area contributed by atoms with E-state index in [1.807, 2.05) is 0 Å². The van der Waals surface area contributed by atoms with Crippen LogP contribution in [-0.2, 0) is 0 Å². The average molecular weight is 192 g/mol. The van der Waals surface area contributed by atoms with E-state index in [0.717, 1.165) is 0 Å². The third kappa shape index (κ3) is 3.86. The van der Waals surface area contributed by atoms with Gasteiger partial charge in [0.05, 0.1) is 0 Å². The molecule has 0 aliphatic carbocycles. The Morgan fingerprint density at radius 1 is 1.00 bits per heavy atom. The third-order valence-electron chi connectivity index (χ3n) is 1.94. The highest BCUT2D eigenvalue weighted by Gasteiger charge is 2.25. The van der Waals surface area contributed by atoms with Crippen LogP contribution in [0.3, 0.4) is 0 Å². The van der Waals surface area contributed by atoms with Crippen LogP contribution in [0.2, 0.25) is 0 Å². The highest BCUT2D eigenvalue weighted by atomic mass is 32.1. The maximum Gasteiger partial charge on any atom is -0.0141 e. The first-order valence-electron chi connectivity index (χ1n) is 4.42. The van der Waals surface area contributed by atoms with Gasteiger partial charge in [0, 0.05) is 0 Å². The van der Waals surface area contributed by atoms with Gasteiger partial charge >= 0.3 is 0 Å². The predicted octanol–water partition coefficient (Wildman–Crippen LogP) is 4.33. The summed E-state index contributed by atoms with van der Waals surface area (Å²) < 4.78 is 0. The van der Waals surface area contributed by atoms with E-state index in [1.54, 1.807) is 0 Å². The van der Waals surface area contributed by atoms with Gasteiger partial charge in [0.1, 0.15) is 0 Å². The lowest BCUT2D eigenvalue weighted by atomic mass is 10.3. The van der Waals surface area contributed by atoms with Gasteiger partial charge in [-0.05, 0) is 24.1 Å². The van der Waals surface area contributed by atoms with Gasteiger partial charge in [-0.15, -0.1) is 0 Å². The summed E-state index contributed by atoms with van der Waals surface area (Å²) in [4.78, 5) is 0. The van der Waals surface area contributed by atoms with Crippen molar-refractivity contribution in [2.75, 3.05) is 19.0 Å². The molecule has 0 saturated heterocycles. The van der Waals surface area contributed by atoms with E-state index in [-0.39, 0.29) is 0 Å². The molecule has 0 radical (unpaired) electrons. The largest absolute Gasteiger partial charge is 0.0839 e. The van der Waals surface area contributed by atoms with E-state index in [0.29, 0.717) is 20.4 Å². The molecule has 0 spiro atoms. The SMILES string of the molecule is CCP(C)P(CC)C(C)(C)C. The minimum Gasteiger partial charge on any atom is -0.0839 e. The monoisotopic (exact) mass is 192 g/mol. The second-order valence-corrected chi connectivity index (χ2v) is 12.1. The number of hydrogen-bond acceptors (Lipinski definition) is 0. The standard InChI is InChI=1S/C9H22P2/c1-7-10(6)11(8-2)9(3,4)5/h7-8H2,1-6H3. The highest BCUT2D eigenvalue weighted by Crippen LogP contribution is 2.72. The second kappa shape index (κ2) is 4.78. The summed E-state index contributed by atoms with van der Waals surface area (Å²) in [7, 11) is 0.639. The van der Waals surface area contributed by atoms with Gasteiger partial charge in [-0.2, -0.15) is 0 Å². The lowest BCUT2D eigenvalue weighted by Crippen LogP contribution is -2.11. The van der Waals surface area contributed by atoms with Gasteiger partial charge < -0.3 is 0 Å². The van der Waals surface area contributed by atoms with Crippen LogP contribution in [-0.4, -0.2) is 24.1 Å². The van der Waals surface area contributed by atoms with E-state index in [4.69, 9.17) is 0 Å². The molecule has 0 nitrogen and oxygen atoms in total. The Kier molecular flexibility index (Phi) is 5.16. The highest BCUT2D eigenvalue weighted by molar-refractivity contribution is 8.30. The van der Waals surface area contributed by atoms with Crippen LogP contribution in [0, 0.1) is 0 Å². The van der Waals surface area contributed by atoms with Crippen LogP contribution < -0.4 is 0 Å². The van der Waals surface area contributed by atoms with Crippen LogP contribution in [0.4, 0.5) is 0 Å². The second-order valence-electron chi connectivity index (χ2n) is 3.86. The molecule has 11 heavy (non-hydrogen) atoms. The van der Waals surface area contributed by atoms with E-state index < -0.39 is 0 Å². The molecular weight excluding hydrogens is 170 g/mol. The molecule has 0 saturated carbocycles. The molecule has 0 rings (SSSR count). The molecule has 0 N–H and O–H groups in total. The van der Waals surface area contributed by atoms with E-state index in [9.17, 15) is 0 Å². The Morgan fingerprint density at radius 2 is 1.45 bits per heavy atom. The Hall–Kier alpha value is 0.860. The summed E-state index contributed by atoms with van der Waals surface area (Å²) in [6.07, 6.45) is 2.82. The summed E-state index contributed by atoms with van der Waals surface area (Å²) in [6, 6.07) is 0. The Balaban J connectivity index is 4.16. The van der Waals surface area contributed by atoms with Crippen molar-refractivity contribution in [3.8, 4) is 0 Å². The molecule has 0 aromatic heterocycles. The number of rotatable bonds is 3. The fraction of sp³-hybridized carbons (Fsp3) is 1.00. The van der Waals surface area contributed by atoms with E-state index in [1.165, 1.54) is 12.3 Å². The molecule has 0 amide bonds. The molecule has 0 aliphatic heterocycles. The van der Waals surface area contributed by atoms with Crippen molar-refractivity contribution in [2.24, 2.45) is 0 Å². The van der Waals surface area contributed by atoms with Crippen LogP contribution in [0.15, 0.2) is 0 Å². The van der Waals surface area contributed by atoms with Crippen molar-refractivity contribution in [1.29, 1.82) is 0 Å². The van der Waals surface area contributed by atoms with Crippen LogP contribution >= 0.6 is 15.2 Å². The van der Waals surface area contributed by atoms with Gasteiger partial charge in [0.15, 0.2) is 0 Å². The van der Waals surface area contributed by atoms with Crippen molar-refractivity contribution in [1.82, 2.24) is 0 Å². The van der Waals surface area contributed by atoms with Gasteiger partial charge in [-0.25, -0.2) is 0 Å². The summed E-state index contributed by atoms with van der Waals surface area (Å²) in [5, 5.41) is 0.584. The minimum atomic E-state index is 0.304. The van der Waals surface area contributed by atoms with E-state index in [2.05, 4.69) is 41.3 Å². The molecule has 0 heterocycles. The summed E-state index contributed by atoms with van der Waals surface area (Å²) >= 11 is 0. The first-order valence-corrected chi connectivity index (χ1v) is 8.62. The molecule has 68 valence electrons. The maximum absolute atomic E-state index is 2.47. The fourth-order valence-corrected chi connectivity index (χ4v) is 9.74. The molecule has 2 atom stereocenters. The number of hydrogen-bond donors (Lipinski definition) is 0. The third-order valence-corrected chi connectivity index (χ3v) is 11.8. The maximum atomic E-state index is 2.47. The molecule has 2 unspecified atom stereocenters. The Bertz CT molecular complexity index is 105. The lowest BCUT2D eigenvalue weighted by molar-refractivity contribution is 0.790. The Morgan fingerprint density at radius 3 is 1.55 bits per heavy atom. The van der Waals surface area contributed by atoms with Crippen molar-refractivity contribution in [2.45, 2.75) is 39.8 Å².